The van der Waals surface area contributed by atoms with E-state index in [1.807, 2.05) is 0 Å². The predicted molar refractivity (Wildman–Crippen MR) is 47.4 cm³/mol. The van der Waals surface area contributed by atoms with Crippen LogP contribution in [0.2, 0.25) is 0 Å². The zero-order chi connectivity index (χ0) is 10.1. The summed E-state index contributed by atoms with van der Waals surface area (Å²) in [6.07, 6.45) is 0. The number of phenols is 1. The molecule has 0 saturated heterocycles. The average Bonchev–Trinajstić information content (AvgIpc) is 2.02. The molecule has 1 rings (SSSR count). The van der Waals surface area contributed by atoms with Crippen LogP contribution in [0.1, 0.15) is 0 Å². The van der Waals surface area contributed by atoms with Gasteiger partial charge in [0.15, 0.2) is 0 Å². The Hall–Kier alpha value is -1.14. The van der Waals surface area contributed by atoms with Crippen molar-refractivity contribution in [1.82, 2.24) is 6.15 Å². The van der Waals surface area contributed by atoms with Crippen molar-refractivity contribution in [3.8, 4) is 11.5 Å². The molecule has 5 N–H and O–H groups in total. The van der Waals surface area contributed by atoms with Gasteiger partial charge in [0.1, 0.15) is 0 Å². The van der Waals surface area contributed by atoms with Gasteiger partial charge in [-0.15, -0.1) is 0 Å². The van der Waals surface area contributed by atoms with E-state index in [0.29, 0.717) is 0 Å². The molecule has 0 aliphatic heterocycles. The quantitative estimate of drug-likeness (QED) is 0.676. The van der Waals surface area contributed by atoms with Crippen LogP contribution in [0.5, 0.6) is 11.5 Å². The number of rotatable bonds is 2. The Balaban J connectivity index is 0.00000169. The summed E-state index contributed by atoms with van der Waals surface area (Å²) < 4.78 is 35.9. The first-order valence-corrected chi connectivity index (χ1v) is 6.23. The molecule has 0 radical (unpaired) electrons. The number of aromatic hydroxyl groups is 1. The first kappa shape index (κ1) is 12.9. The number of methoxy groups -OCH3 is 1. The number of phenolic OH excluding ortho intramolecular Hbond substituents is 1. The van der Waals surface area contributed by atoms with Crippen molar-refractivity contribution < 1.29 is 21.7 Å². The third-order valence-corrected chi connectivity index (χ3v) is 3.18. The van der Waals surface area contributed by atoms with Gasteiger partial charge in [0.25, 0.3) is 0 Å². The fourth-order valence-corrected chi connectivity index (χ4v) is 1.85. The molecule has 0 aliphatic carbocycles. The van der Waals surface area contributed by atoms with Gasteiger partial charge in [-0.1, -0.05) is 0 Å². The second-order valence-electron chi connectivity index (χ2n) is 2.29. The van der Waals surface area contributed by atoms with Gasteiger partial charge >= 0.3 is 76.0 Å². The van der Waals surface area contributed by atoms with Crippen LogP contribution in [-0.2, 0) is 7.67 Å². The van der Waals surface area contributed by atoms with E-state index in [0.717, 1.165) is 12.1 Å². The minimum absolute atomic E-state index is 0. The molecule has 0 spiro atoms. The predicted octanol–water partition coefficient (Wildman–Crippen LogP) is -0.856. The molecule has 0 heterocycles. The largest absolute Gasteiger partial charge is 0.369 e. The fourth-order valence-electron chi connectivity index (χ4n) is 0.825. The summed E-state index contributed by atoms with van der Waals surface area (Å²) in [5.41, 5.74) is 0. The van der Waals surface area contributed by atoms with E-state index >= 15 is 0 Å². The fraction of sp³-hybridized carbons (Fsp3) is 0.143. The molecular weight excluding hydrogens is 257 g/mol. The van der Waals surface area contributed by atoms with Gasteiger partial charge in [-0.25, -0.2) is 0 Å². The van der Waals surface area contributed by atoms with Crippen molar-refractivity contribution in [3.63, 3.8) is 0 Å². The van der Waals surface area contributed by atoms with E-state index in [4.69, 9.17) is 5.11 Å². The van der Waals surface area contributed by atoms with Crippen LogP contribution in [-0.4, -0.2) is 25.3 Å². The van der Waals surface area contributed by atoms with Crippen LogP contribution >= 0.6 is 0 Å². The van der Waals surface area contributed by atoms with Crippen LogP contribution in [0.25, 0.3) is 0 Å². The van der Waals surface area contributed by atoms with Gasteiger partial charge in [-0.3, -0.25) is 0 Å². The average molecular weight is 268 g/mol. The Morgan fingerprint density at radius 3 is 2.36 bits per heavy atom. The molecular formula is C7H11NO5Se. The maximum Gasteiger partial charge on any atom is -0.369 e. The molecule has 0 aliphatic rings. The van der Waals surface area contributed by atoms with E-state index in [-0.39, 0.29) is 17.6 Å². The van der Waals surface area contributed by atoms with Crippen molar-refractivity contribution >= 4 is 17.5 Å². The maximum atomic E-state index is 10.6. The molecule has 0 atom stereocenters. The summed E-state index contributed by atoms with van der Waals surface area (Å²) >= 11 is -5.24. The first-order chi connectivity index (χ1) is 5.95. The molecule has 0 fully saturated rings. The van der Waals surface area contributed by atoms with Gasteiger partial charge in [0.05, 0.1) is 0 Å². The molecule has 1 aromatic rings. The third-order valence-electron chi connectivity index (χ3n) is 1.44. The van der Waals surface area contributed by atoms with Crippen molar-refractivity contribution in [3.05, 3.63) is 18.2 Å². The molecule has 0 bridgehead atoms. The zero-order valence-electron chi connectivity index (χ0n) is 7.72. The van der Waals surface area contributed by atoms with Crippen molar-refractivity contribution in [2.45, 2.75) is 0 Å². The molecule has 80 valence electrons. The van der Waals surface area contributed by atoms with Crippen LogP contribution in [0.15, 0.2) is 18.2 Å². The van der Waals surface area contributed by atoms with Crippen LogP contribution in [0.3, 0.4) is 0 Å². The van der Waals surface area contributed by atoms with E-state index in [1.54, 1.807) is 0 Å². The van der Waals surface area contributed by atoms with E-state index < -0.39 is 17.5 Å². The Morgan fingerprint density at radius 1 is 1.43 bits per heavy atom. The van der Waals surface area contributed by atoms with Crippen molar-refractivity contribution in [2.24, 2.45) is 0 Å². The Kier molecular flexibility index (Phi) is 4.03. The molecule has 7 heteroatoms. The molecule has 0 unspecified atom stereocenters. The standard InChI is InChI=1S/C7H8O5Se.H3N/c1-12-7-3-2-5(4-6(7)8)13(9,10)11;/h2-4,8H,1H3,(H,9,10,11);1H3. The normalized spacial score (nSPS) is 10.4. The number of hydrogen-bond donors (Lipinski definition) is 2. The summed E-state index contributed by atoms with van der Waals surface area (Å²) in [6.45, 7) is 0. The smallest absolute Gasteiger partial charge is 0.369 e. The van der Waals surface area contributed by atoms with E-state index in [9.17, 15) is 11.9 Å². The van der Waals surface area contributed by atoms with Gasteiger partial charge in [0.2, 0.25) is 0 Å². The summed E-state index contributed by atoms with van der Waals surface area (Å²) in [6, 6.07) is 3.21. The second-order valence-corrected chi connectivity index (χ2v) is 5.18. The molecule has 0 saturated carbocycles. The van der Waals surface area contributed by atoms with Crippen LogP contribution in [0, 0.1) is 0 Å². The van der Waals surface area contributed by atoms with Crippen LogP contribution in [0.4, 0.5) is 0 Å². The Labute approximate surface area is 82.7 Å². The summed E-state index contributed by atoms with van der Waals surface area (Å²) in [5.74, 6) is -0.228. The number of benzene rings is 1. The molecule has 0 aromatic heterocycles. The Morgan fingerprint density at radius 2 is 2.00 bits per heavy atom. The minimum Gasteiger partial charge on any atom is -0.369 e. The van der Waals surface area contributed by atoms with Gasteiger partial charge in [0, 0.05) is 0 Å². The number of hydrogen-bond acceptors (Lipinski definition) is 5. The topological polar surface area (TPSA) is 123 Å². The van der Waals surface area contributed by atoms with Gasteiger partial charge in [-0.05, 0) is 0 Å². The molecule has 0 amide bonds. The maximum absolute atomic E-state index is 10.6. The zero-order valence-corrected chi connectivity index (χ0v) is 9.43. The van der Waals surface area contributed by atoms with Crippen molar-refractivity contribution in [2.75, 3.05) is 7.11 Å². The van der Waals surface area contributed by atoms with Crippen LogP contribution < -0.4 is 19.5 Å². The summed E-state index contributed by atoms with van der Waals surface area (Å²) in [4.78, 5) is 0. The van der Waals surface area contributed by atoms with E-state index in [1.165, 1.54) is 13.2 Å². The van der Waals surface area contributed by atoms with E-state index in [2.05, 4.69) is 4.74 Å². The Bertz CT molecular complexity index is 414. The summed E-state index contributed by atoms with van der Waals surface area (Å²) in [7, 11) is 1.33. The molecule has 14 heavy (non-hydrogen) atoms. The second kappa shape index (κ2) is 4.38. The minimum atomic E-state index is -5.24. The SMILES string of the molecule is COc1ccc([Se](=O)(=O)[O-])cc1O.[NH4+]. The summed E-state index contributed by atoms with van der Waals surface area (Å²) in [5, 5.41) is 9.14. The molecule has 1 aromatic carbocycles. The van der Waals surface area contributed by atoms with Gasteiger partial charge in [-0.2, -0.15) is 0 Å². The first-order valence-electron chi connectivity index (χ1n) is 3.28. The van der Waals surface area contributed by atoms with Gasteiger partial charge < -0.3 is 6.15 Å². The molecule has 6 nitrogen and oxygen atoms in total. The monoisotopic (exact) mass is 269 g/mol. The number of quaternary nitrogens is 1. The number of ether oxygens (including phenoxy) is 1. The third kappa shape index (κ3) is 2.68. The van der Waals surface area contributed by atoms with Crippen molar-refractivity contribution in [1.29, 1.82) is 0 Å².